The third-order valence-corrected chi connectivity index (χ3v) is 5.62. The average Bonchev–Trinajstić information content (AvgIpc) is 3.34. The van der Waals surface area contributed by atoms with Gasteiger partial charge in [-0.2, -0.15) is 4.98 Å². The molecule has 0 unspecified atom stereocenters. The summed E-state index contributed by atoms with van der Waals surface area (Å²) >= 11 is 0. The summed E-state index contributed by atoms with van der Waals surface area (Å²) in [5.41, 5.74) is 7.12. The zero-order valence-corrected chi connectivity index (χ0v) is 17.4. The number of nitrogens with one attached hydrogen (secondary N) is 2. The second kappa shape index (κ2) is 9.09. The molecule has 11 heteroatoms. The molecule has 1 amide bonds. The molecule has 3 heterocycles. The van der Waals surface area contributed by atoms with E-state index in [0.717, 1.165) is 21.0 Å². The van der Waals surface area contributed by atoms with Gasteiger partial charge in [0.1, 0.15) is 24.1 Å². The van der Waals surface area contributed by atoms with Gasteiger partial charge in [0.2, 0.25) is 0 Å². The van der Waals surface area contributed by atoms with Gasteiger partial charge in [-0.05, 0) is 18.1 Å². The number of hydrogen-bond acceptors (Lipinski definition) is 8. The van der Waals surface area contributed by atoms with Crippen LogP contribution in [0.4, 0.5) is 5.82 Å². The van der Waals surface area contributed by atoms with Gasteiger partial charge in [-0.1, -0.05) is 18.2 Å². The first-order valence-corrected chi connectivity index (χ1v) is 10.1. The molecule has 4 atom stereocenters. The number of nitrogens with two attached hydrogens (primary N) is 1. The maximum absolute atomic E-state index is 12.8. The average molecular weight is 443 g/mol. The van der Waals surface area contributed by atoms with Crippen LogP contribution in [0.5, 0.6) is 0 Å². The highest BCUT2D eigenvalue weighted by atomic mass is 16.6. The van der Waals surface area contributed by atoms with Crippen molar-refractivity contribution < 1.29 is 24.5 Å². The summed E-state index contributed by atoms with van der Waals surface area (Å²) in [4.78, 5) is 32.1. The molecular weight excluding hydrogens is 418 g/mol. The van der Waals surface area contributed by atoms with E-state index in [2.05, 4.69) is 15.3 Å². The highest BCUT2D eigenvalue weighted by Crippen LogP contribution is 2.30. The zero-order valence-electron chi connectivity index (χ0n) is 17.4. The molecule has 0 spiro atoms. The standard InChI is InChI=1S/C21H25N5O6/c1-31-17-16(28)15(10-27)32-20(17)26-9-13(18(22)25-21(26)30)19(29)23-7-6-11-8-24-14-5-3-2-4-12(11)14/h2-5,8-9,15-17,20,24,27-28H,6-7,10H2,1H3,(H,23,29)(H2,22,25,30)/t15-,16+,17-,20-/m1/s1. The number of nitrogen functional groups attached to an aromatic ring is 1. The van der Waals surface area contributed by atoms with Gasteiger partial charge in [0.25, 0.3) is 5.91 Å². The maximum atomic E-state index is 12.8. The van der Waals surface area contributed by atoms with Crippen molar-refractivity contribution in [2.45, 2.75) is 31.0 Å². The largest absolute Gasteiger partial charge is 0.394 e. The second-order valence-electron chi connectivity index (χ2n) is 7.53. The molecule has 1 saturated heterocycles. The first-order valence-electron chi connectivity index (χ1n) is 10.1. The molecule has 0 radical (unpaired) electrons. The fraction of sp³-hybridized carbons (Fsp3) is 0.381. The molecule has 11 nitrogen and oxygen atoms in total. The summed E-state index contributed by atoms with van der Waals surface area (Å²) in [6.45, 7) is -0.124. The van der Waals surface area contributed by atoms with Crippen molar-refractivity contribution in [1.29, 1.82) is 0 Å². The SMILES string of the molecule is CO[C@@H]1[C@@H](O)[C@@H](CO)O[C@H]1n1cc(C(=O)NCCc2c[nH]c3ccccc23)c(N)nc1=O. The van der Waals surface area contributed by atoms with Crippen LogP contribution in [0.1, 0.15) is 22.1 Å². The first kappa shape index (κ1) is 22.0. The van der Waals surface area contributed by atoms with Crippen LogP contribution in [0.15, 0.2) is 41.5 Å². The number of aliphatic hydroxyl groups excluding tert-OH is 2. The lowest BCUT2D eigenvalue weighted by Gasteiger charge is -2.21. The van der Waals surface area contributed by atoms with Crippen LogP contribution < -0.4 is 16.7 Å². The lowest BCUT2D eigenvalue weighted by molar-refractivity contribution is -0.0625. The molecule has 1 aromatic carbocycles. The lowest BCUT2D eigenvalue weighted by Crippen LogP contribution is -2.38. The summed E-state index contributed by atoms with van der Waals surface area (Å²) in [6.07, 6.45) is -0.397. The number of anilines is 1. The number of H-pyrrole nitrogens is 1. The number of carbonyl (C=O) groups excluding carboxylic acids is 1. The van der Waals surface area contributed by atoms with Gasteiger partial charge >= 0.3 is 5.69 Å². The van der Waals surface area contributed by atoms with Crippen LogP contribution in [0.25, 0.3) is 10.9 Å². The molecule has 2 aromatic heterocycles. The van der Waals surface area contributed by atoms with E-state index in [1.54, 1.807) is 0 Å². The van der Waals surface area contributed by atoms with Gasteiger partial charge in [-0.3, -0.25) is 9.36 Å². The Balaban J connectivity index is 1.51. The van der Waals surface area contributed by atoms with Crippen LogP contribution in [0.2, 0.25) is 0 Å². The van der Waals surface area contributed by atoms with Gasteiger partial charge in [0.05, 0.1) is 12.2 Å². The van der Waals surface area contributed by atoms with Gasteiger partial charge in [-0.25, -0.2) is 4.79 Å². The van der Waals surface area contributed by atoms with Crippen LogP contribution in [-0.4, -0.2) is 69.2 Å². The Bertz CT molecular complexity index is 1170. The van der Waals surface area contributed by atoms with E-state index in [4.69, 9.17) is 15.2 Å². The lowest BCUT2D eigenvalue weighted by atomic mass is 10.1. The molecule has 3 aromatic rings. The van der Waals surface area contributed by atoms with E-state index in [-0.39, 0.29) is 11.4 Å². The summed E-state index contributed by atoms with van der Waals surface area (Å²) in [7, 11) is 1.35. The van der Waals surface area contributed by atoms with Crippen LogP contribution in [0.3, 0.4) is 0 Å². The highest BCUT2D eigenvalue weighted by molar-refractivity contribution is 5.98. The number of nitrogens with zero attached hydrogens (tertiary/aromatic N) is 2. The van der Waals surface area contributed by atoms with Crippen LogP contribution in [0, 0.1) is 0 Å². The normalized spacial score (nSPS) is 23.0. The number of methoxy groups -OCH3 is 1. The predicted molar refractivity (Wildman–Crippen MR) is 115 cm³/mol. The van der Waals surface area contributed by atoms with E-state index >= 15 is 0 Å². The fourth-order valence-electron chi connectivity index (χ4n) is 3.93. The Labute approximate surface area is 182 Å². The van der Waals surface area contributed by atoms with Crippen molar-refractivity contribution in [3.63, 3.8) is 0 Å². The number of rotatable bonds is 7. The fourth-order valence-corrected chi connectivity index (χ4v) is 3.93. The molecule has 170 valence electrons. The van der Waals surface area contributed by atoms with Crippen molar-refractivity contribution in [1.82, 2.24) is 19.9 Å². The van der Waals surface area contributed by atoms with Gasteiger partial charge in [0.15, 0.2) is 6.23 Å². The number of hydrogen-bond donors (Lipinski definition) is 5. The summed E-state index contributed by atoms with van der Waals surface area (Å²) in [5.74, 6) is -0.725. The Morgan fingerprint density at radius 1 is 1.41 bits per heavy atom. The van der Waals surface area contributed by atoms with Crippen molar-refractivity contribution >= 4 is 22.6 Å². The summed E-state index contributed by atoms with van der Waals surface area (Å²) in [5, 5.41) is 23.5. The molecule has 1 fully saturated rings. The zero-order chi connectivity index (χ0) is 22.8. The molecule has 1 aliphatic heterocycles. The number of para-hydroxylation sites is 1. The molecule has 1 aliphatic rings. The molecule has 0 saturated carbocycles. The van der Waals surface area contributed by atoms with Crippen molar-refractivity contribution in [3.05, 3.63) is 58.3 Å². The Morgan fingerprint density at radius 3 is 2.94 bits per heavy atom. The second-order valence-corrected chi connectivity index (χ2v) is 7.53. The van der Waals surface area contributed by atoms with E-state index < -0.39 is 42.7 Å². The number of aliphatic hydroxyl groups is 2. The first-order chi connectivity index (χ1) is 15.4. The highest BCUT2D eigenvalue weighted by Gasteiger charge is 2.45. The Kier molecular flexibility index (Phi) is 6.24. The minimum atomic E-state index is -1.16. The number of amides is 1. The number of benzene rings is 1. The quantitative estimate of drug-likeness (QED) is 0.327. The number of aromatic amines is 1. The Hall–Kier alpha value is -3.25. The summed E-state index contributed by atoms with van der Waals surface area (Å²) in [6, 6.07) is 7.87. The smallest absolute Gasteiger partial charge is 0.351 e. The van der Waals surface area contributed by atoms with Gasteiger partial charge in [-0.15, -0.1) is 0 Å². The number of aromatic nitrogens is 3. The minimum absolute atomic E-state index is 0.0103. The van der Waals surface area contributed by atoms with Crippen molar-refractivity contribution in [2.75, 3.05) is 26.0 Å². The third kappa shape index (κ3) is 3.98. The van der Waals surface area contributed by atoms with Crippen molar-refractivity contribution in [2.24, 2.45) is 0 Å². The van der Waals surface area contributed by atoms with Crippen LogP contribution >= 0.6 is 0 Å². The number of ether oxygens (including phenoxy) is 2. The minimum Gasteiger partial charge on any atom is -0.394 e. The third-order valence-electron chi connectivity index (χ3n) is 5.62. The molecule has 6 N–H and O–H groups in total. The summed E-state index contributed by atoms with van der Waals surface area (Å²) < 4.78 is 11.8. The van der Waals surface area contributed by atoms with Crippen molar-refractivity contribution in [3.8, 4) is 0 Å². The molecule has 4 rings (SSSR count). The monoisotopic (exact) mass is 443 g/mol. The Morgan fingerprint density at radius 2 is 2.19 bits per heavy atom. The van der Waals surface area contributed by atoms with E-state index in [9.17, 15) is 19.8 Å². The topological polar surface area (TPSA) is 165 Å². The molecular formula is C21H25N5O6. The molecule has 0 aliphatic carbocycles. The molecule has 0 bridgehead atoms. The van der Waals surface area contributed by atoms with Gasteiger partial charge < -0.3 is 35.7 Å². The number of carbonyl (C=O) groups is 1. The predicted octanol–water partition coefficient (Wildman–Crippen LogP) is -0.455. The van der Waals surface area contributed by atoms with Crippen LogP contribution in [-0.2, 0) is 15.9 Å². The van der Waals surface area contributed by atoms with E-state index in [0.29, 0.717) is 13.0 Å². The number of fused-ring (bicyclic) bond motifs is 1. The van der Waals surface area contributed by atoms with E-state index in [1.807, 2.05) is 30.5 Å². The van der Waals surface area contributed by atoms with Gasteiger partial charge in [0, 0.05) is 37.0 Å². The maximum Gasteiger partial charge on any atom is 0.351 e. The van der Waals surface area contributed by atoms with E-state index in [1.165, 1.54) is 13.3 Å². The molecule has 32 heavy (non-hydrogen) atoms.